The standard InChI is InChI=1S/C24H38N2O6S2/c1-18-15-26(16-19(2)32-18)34(30,31)22-8-6-7-21(13-22)14-23(27)25-11-9-20(10-12-25)17-33(28,29)24(3,4)5/h6-8,13,18-20H,9-12,14-17H2,1-5H3/t18-,19+. The molecule has 2 heterocycles. The molecular formula is C24H38N2O6S2. The van der Waals surface area contributed by atoms with Crippen molar-refractivity contribution in [1.29, 1.82) is 0 Å². The molecule has 1 aromatic rings. The monoisotopic (exact) mass is 514 g/mol. The topological polar surface area (TPSA) is 101 Å². The second kappa shape index (κ2) is 10.2. The van der Waals surface area contributed by atoms with Crippen LogP contribution in [-0.2, 0) is 35.8 Å². The summed E-state index contributed by atoms with van der Waals surface area (Å²) in [7, 11) is -6.87. The Morgan fingerprint density at radius 2 is 1.62 bits per heavy atom. The van der Waals surface area contributed by atoms with E-state index >= 15 is 0 Å². The number of ether oxygens (including phenoxy) is 1. The molecule has 1 aromatic carbocycles. The van der Waals surface area contributed by atoms with Gasteiger partial charge in [-0.05, 0) is 71.1 Å². The van der Waals surface area contributed by atoms with Crippen LogP contribution in [0.2, 0.25) is 0 Å². The number of sulfone groups is 1. The fraction of sp³-hybridized carbons (Fsp3) is 0.708. The van der Waals surface area contributed by atoms with Crippen LogP contribution in [0.25, 0.3) is 0 Å². The molecule has 2 aliphatic heterocycles. The van der Waals surface area contributed by atoms with Gasteiger partial charge in [0.1, 0.15) is 0 Å². The maximum Gasteiger partial charge on any atom is 0.243 e. The SMILES string of the molecule is C[C@@H]1CN(S(=O)(=O)c2cccc(CC(=O)N3CCC(CS(=O)(=O)C(C)(C)C)CC3)c2)C[C@H](C)O1. The summed E-state index contributed by atoms with van der Waals surface area (Å²) in [6, 6.07) is 6.59. The summed E-state index contributed by atoms with van der Waals surface area (Å²) < 4.78 is 57.7. The summed E-state index contributed by atoms with van der Waals surface area (Å²) in [5.41, 5.74) is 0.651. The predicted octanol–water partition coefficient (Wildman–Crippen LogP) is 2.48. The smallest absolute Gasteiger partial charge is 0.243 e. The lowest BCUT2D eigenvalue weighted by Crippen LogP contribution is -2.48. The highest BCUT2D eigenvalue weighted by Crippen LogP contribution is 2.26. The second-order valence-corrected chi connectivity index (χ2v) is 15.3. The van der Waals surface area contributed by atoms with Gasteiger partial charge in [0.05, 0.1) is 34.0 Å². The number of amides is 1. The summed E-state index contributed by atoms with van der Waals surface area (Å²) in [6.45, 7) is 10.5. The van der Waals surface area contributed by atoms with Gasteiger partial charge in [-0.2, -0.15) is 4.31 Å². The van der Waals surface area contributed by atoms with Crippen molar-refractivity contribution < 1.29 is 26.4 Å². The molecule has 2 fully saturated rings. The molecule has 1 amide bonds. The number of benzene rings is 1. The van der Waals surface area contributed by atoms with Crippen molar-refractivity contribution in [1.82, 2.24) is 9.21 Å². The minimum Gasteiger partial charge on any atom is -0.373 e. The molecule has 0 spiro atoms. The van der Waals surface area contributed by atoms with Crippen LogP contribution in [0.1, 0.15) is 53.0 Å². The Morgan fingerprint density at radius 3 is 2.18 bits per heavy atom. The molecule has 2 atom stereocenters. The molecule has 3 rings (SSSR count). The number of sulfonamides is 1. The average Bonchev–Trinajstić information content (AvgIpc) is 2.72. The van der Waals surface area contributed by atoms with Gasteiger partial charge in [0.25, 0.3) is 0 Å². The first-order valence-corrected chi connectivity index (χ1v) is 15.0. The van der Waals surface area contributed by atoms with Crippen molar-refractivity contribution in [2.24, 2.45) is 5.92 Å². The average molecular weight is 515 g/mol. The molecule has 0 bridgehead atoms. The third-order valence-corrected chi connectivity index (χ3v) is 11.2. The Hall–Kier alpha value is -1.49. The van der Waals surface area contributed by atoms with Crippen molar-refractivity contribution in [3.8, 4) is 0 Å². The Morgan fingerprint density at radius 1 is 1.03 bits per heavy atom. The summed E-state index contributed by atoms with van der Waals surface area (Å²) in [5, 5.41) is 0. The number of hydrogen-bond acceptors (Lipinski definition) is 6. The zero-order valence-electron chi connectivity index (χ0n) is 20.9. The molecule has 0 radical (unpaired) electrons. The fourth-order valence-electron chi connectivity index (χ4n) is 4.49. The third kappa shape index (κ3) is 6.38. The summed E-state index contributed by atoms with van der Waals surface area (Å²) >= 11 is 0. The summed E-state index contributed by atoms with van der Waals surface area (Å²) in [6.07, 6.45) is 1.07. The highest BCUT2D eigenvalue weighted by atomic mass is 32.2. The number of nitrogens with zero attached hydrogens (tertiary/aromatic N) is 2. The van der Waals surface area contributed by atoms with Crippen molar-refractivity contribution in [3.05, 3.63) is 29.8 Å². The van der Waals surface area contributed by atoms with Crippen LogP contribution in [0, 0.1) is 5.92 Å². The molecule has 0 unspecified atom stereocenters. The zero-order chi connectivity index (χ0) is 25.3. The maximum absolute atomic E-state index is 13.2. The van der Waals surface area contributed by atoms with E-state index in [1.54, 1.807) is 49.9 Å². The van der Waals surface area contributed by atoms with Gasteiger partial charge >= 0.3 is 0 Å². The fourth-order valence-corrected chi connectivity index (χ4v) is 7.60. The minimum atomic E-state index is -3.68. The largest absolute Gasteiger partial charge is 0.373 e. The van der Waals surface area contributed by atoms with E-state index in [0.717, 1.165) is 0 Å². The Balaban J connectivity index is 1.61. The lowest BCUT2D eigenvalue weighted by molar-refractivity contribution is -0.131. The highest BCUT2D eigenvalue weighted by molar-refractivity contribution is 7.92. The van der Waals surface area contributed by atoms with Gasteiger partial charge < -0.3 is 9.64 Å². The molecule has 8 nitrogen and oxygen atoms in total. The molecule has 2 saturated heterocycles. The van der Waals surface area contributed by atoms with Gasteiger partial charge in [-0.1, -0.05) is 12.1 Å². The predicted molar refractivity (Wildman–Crippen MR) is 132 cm³/mol. The molecule has 0 N–H and O–H groups in total. The lowest BCUT2D eigenvalue weighted by atomic mass is 9.98. The van der Waals surface area contributed by atoms with Crippen LogP contribution >= 0.6 is 0 Å². The number of likely N-dealkylation sites (tertiary alicyclic amines) is 1. The first-order valence-electron chi connectivity index (χ1n) is 11.9. The lowest BCUT2D eigenvalue weighted by Gasteiger charge is -2.34. The number of hydrogen-bond donors (Lipinski definition) is 0. The quantitative estimate of drug-likeness (QED) is 0.578. The van der Waals surface area contributed by atoms with Gasteiger partial charge in [0.2, 0.25) is 15.9 Å². The van der Waals surface area contributed by atoms with Crippen molar-refractivity contribution in [2.75, 3.05) is 31.9 Å². The van der Waals surface area contributed by atoms with Crippen molar-refractivity contribution in [3.63, 3.8) is 0 Å². The number of carbonyl (C=O) groups excluding carboxylic acids is 1. The molecule has 192 valence electrons. The van der Waals surface area contributed by atoms with E-state index in [0.29, 0.717) is 44.6 Å². The molecular weight excluding hydrogens is 476 g/mol. The van der Waals surface area contributed by atoms with E-state index in [2.05, 4.69) is 0 Å². The van der Waals surface area contributed by atoms with Crippen LogP contribution in [-0.4, -0.2) is 80.8 Å². The van der Waals surface area contributed by atoms with Crippen LogP contribution in [0.3, 0.4) is 0 Å². The molecule has 0 aliphatic carbocycles. The number of rotatable bonds is 6. The van der Waals surface area contributed by atoms with E-state index in [-0.39, 0.29) is 41.1 Å². The minimum absolute atomic E-state index is 0.0556. The summed E-state index contributed by atoms with van der Waals surface area (Å²) in [4.78, 5) is 14.8. The zero-order valence-corrected chi connectivity index (χ0v) is 22.5. The van der Waals surface area contributed by atoms with Gasteiger partial charge in [-0.3, -0.25) is 4.79 Å². The highest BCUT2D eigenvalue weighted by Gasteiger charge is 2.34. The van der Waals surface area contributed by atoms with Gasteiger partial charge in [-0.25, -0.2) is 16.8 Å². The molecule has 0 aromatic heterocycles. The van der Waals surface area contributed by atoms with Crippen LogP contribution in [0.15, 0.2) is 29.2 Å². The van der Waals surface area contributed by atoms with Crippen LogP contribution < -0.4 is 0 Å². The molecule has 34 heavy (non-hydrogen) atoms. The molecule has 0 saturated carbocycles. The maximum atomic E-state index is 13.2. The number of morpholine rings is 1. The van der Waals surface area contributed by atoms with E-state index in [1.165, 1.54) is 4.31 Å². The first kappa shape index (κ1) is 27.1. The first-order chi connectivity index (χ1) is 15.7. The second-order valence-electron chi connectivity index (χ2n) is 10.6. The van der Waals surface area contributed by atoms with Crippen molar-refractivity contribution in [2.45, 2.75) is 75.7 Å². The van der Waals surface area contributed by atoms with Gasteiger partial charge in [0, 0.05) is 26.2 Å². The van der Waals surface area contributed by atoms with Crippen LogP contribution in [0.4, 0.5) is 0 Å². The van der Waals surface area contributed by atoms with E-state index in [9.17, 15) is 21.6 Å². The Bertz CT molecular complexity index is 1080. The van der Waals surface area contributed by atoms with E-state index < -0.39 is 24.6 Å². The van der Waals surface area contributed by atoms with Crippen molar-refractivity contribution >= 4 is 25.8 Å². The summed E-state index contributed by atoms with van der Waals surface area (Å²) in [5.74, 6) is 0.136. The molecule has 2 aliphatic rings. The van der Waals surface area contributed by atoms with Gasteiger partial charge in [0.15, 0.2) is 9.84 Å². The normalized spacial score (nSPS) is 23.7. The van der Waals surface area contributed by atoms with E-state index in [1.807, 2.05) is 13.8 Å². The van der Waals surface area contributed by atoms with E-state index in [4.69, 9.17) is 4.74 Å². The number of piperidine rings is 1. The molecule has 10 heteroatoms. The van der Waals surface area contributed by atoms with Crippen LogP contribution in [0.5, 0.6) is 0 Å². The number of carbonyl (C=O) groups is 1. The Kier molecular flexibility index (Phi) is 8.17. The van der Waals surface area contributed by atoms with Gasteiger partial charge in [-0.15, -0.1) is 0 Å². The third-order valence-electron chi connectivity index (χ3n) is 6.63. The Labute approximate surface area is 204 Å².